The predicted molar refractivity (Wildman–Crippen MR) is 205 cm³/mol. The van der Waals surface area contributed by atoms with Crippen LogP contribution in [-0.2, 0) is 60.7 Å². The summed E-state index contributed by atoms with van der Waals surface area (Å²) in [6.45, 7) is 0. The van der Waals surface area contributed by atoms with E-state index in [1.54, 1.807) is 0 Å². The number of fused-ring (bicyclic) bond motifs is 3. The summed E-state index contributed by atoms with van der Waals surface area (Å²) in [5, 5.41) is 22.0. The molecule has 0 heterocycles. The minimum Gasteiger partial charge on any atom is -0.505 e. The van der Waals surface area contributed by atoms with Crippen LogP contribution in [0.15, 0.2) is 123 Å². The Morgan fingerprint density at radius 1 is 0.400 bits per heavy atom. The summed E-state index contributed by atoms with van der Waals surface area (Å²) >= 11 is 0. The van der Waals surface area contributed by atoms with E-state index in [-0.39, 0.29) is 0 Å². The van der Waals surface area contributed by atoms with Gasteiger partial charge in [-0.2, -0.15) is 50.5 Å². The molecule has 9 N–H and O–H groups in total. The molecule has 6 rings (SSSR count). The van der Waals surface area contributed by atoms with Gasteiger partial charge in [0.25, 0.3) is 60.7 Å². The summed E-state index contributed by atoms with van der Waals surface area (Å²) in [6.07, 6.45) is 0. The van der Waals surface area contributed by atoms with Crippen molar-refractivity contribution in [1.29, 1.82) is 0 Å². The lowest BCUT2D eigenvalue weighted by atomic mass is 10.0. The van der Waals surface area contributed by atoms with Gasteiger partial charge in [0.15, 0.2) is 5.75 Å². The molecule has 30 heteroatoms. The molecular formula is C30H21N5O19S6. The van der Waals surface area contributed by atoms with Crippen LogP contribution in [0.5, 0.6) is 5.75 Å². The number of benzene rings is 6. The average molecular weight is 948 g/mol. The molecule has 0 saturated heterocycles. The molecule has 6 aromatic rings. The second-order valence-corrected chi connectivity index (χ2v) is 20.4. The molecule has 0 spiro atoms. The minimum atomic E-state index is -5.60. The standard InChI is InChI=1S/C30H21N5O19S6/c31-26-20(34-32-18-9-7-13-15(29(18)59(49,50)51)3-1-5-21(13)55(37,38)39)12-23(57(43,44)45)17-11-24(58(46,47)48)27(28(36)25(17)26)35-33-19-10-8-14-16(30(19)60(52,53)54)4-2-6-22(14)56(40,41)42/h1-12,36H,31H2,(H,37,38,39)(H,40,41,42)(H,43,44,45)(H,46,47,48)(H,49,50,51)(H,52,53,54). The van der Waals surface area contributed by atoms with E-state index in [4.69, 9.17) is 5.73 Å². The van der Waals surface area contributed by atoms with Gasteiger partial charge in [-0.25, -0.2) is 0 Å². The molecule has 0 aromatic heterocycles. The highest BCUT2D eigenvalue weighted by molar-refractivity contribution is 7.87. The second-order valence-electron chi connectivity index (χ2n) is 12.1. The van der Waals surface area contributed by atoms with Crippen LogP contribution in [-0.4, -0.2) is 82.9 Å². The lowest BCUT2D eigenvalue weighted by Crippen LogP contribution is -2.05. The second kappa shape index (κ2) is 14.5. The zero-order chi connectivity index (χ0) is 44.7. The molecule has 6 aromatic carbocycles. The Kier molecular flexibility index (Phi) is 10.6. The number of nitrogens with zero attached hydrogens (tertiary/aromatic N) is 4. The SMILES string of the molecule is Nc1c(N=Nc2ccc3c(S(=O)(=O)O)cccc3c2S(=O)(=O)O)cc(S(=O)(=O)O)c2cc(S(=O)(=O)O)c(N=Nc3ccc4c(S(=O)(=O)O)cccc4c3S(=O)(=O)O)c(O)c12. The quantitative estimate of drug-likeness (QED) is 0.0522. The number of azo groups is 2. The summed E-state index contributed by atoms with van der Waals surface area (Å²) in [7, 11) is -31.8. The van der Waals surface area contributed by atoms with Gasteiger partial charge in [0.05, 0.1) is 11.1 Å². The first kappa shape index (κ1) is 43.9. The Labute approximate surface area is 336 Å². The van der Waals surface area contributed by atoms with Crippen molar-refractivity contribution < 1.29 is 82.9 Å². The van der Waals surface area contributed by atoms with E-state index in [0.717, 1.165) is 60.7 Å². The number of rotatable bonds is 10. The van der Waals surface area contributed by atoms with Crippen LogP contribution in [0.3, 0.4) is 0 Å². The zero-order valence-electron chi connectivity index (χ0n) is 28.8. The average Bonchev–Trinajstić information content (AvgIpc) is 3.10. The van der Waals surface area contributed by atoms with Crippen LogP contribution in [0.2, 0.25) is 0 Å². The molecule has 0 fully saturated rings. The number of hydrogen-bond acceptors (Lipinski definition) is 18. The summed E-state index contributed by atoms with van der Waals surface area (Å²) in [5.41, 5.74) is 1.55. The molecule has 0 saturated carbocycles. The zero-order valence-corrected chi connectivity index (χ0v) is 33.7. The van der Waals surface area contributed by atoms with E-state index in [1.165, 1.54) is 0 Å². The van der Waals surface area contributed by atoms with Gasteiger partial charge in [0, 0.05) is 26.9 Å². The first-order valence-corrected chi connectivity index (χ1v) is 24.0. The van der Waals surface area contributed by atoms with Crippen LogP contribution >= 0.6 is 0 Å². The number of phenols is 1. The Hall–Kier alpha value is -5.64. The molecule has 0 bridgehead atoms. The molecule has 0 aliphatic carbocycles. The van der Waals surface area contributed by atoms with Crippen molar-refractivity contribution in [2.75, 3.05) is 5.73 Å². The normalized spacial score (nSPS) is 13.6. The van der Waals surface area contributed by atoms with Gasteiger partial charge in [-0.1, -0.05) is 36.4 Å². The Morgan fingerprint density at radius 2 is 0.800 bits per heavy atom. The fourth-order valence-corrected chi connectivity index (χ4v) is 10.5. The molecule has 24 nitrogen and oxygen atoms in total. The van der Waals surface area contributed by atoms with Crippen molar-refractivity contribution in [3.63, 3.8) is 0 Å². The highest BCUT2D eigenvalue weighted by Gasteiger charge is 2.30. The highest BCUT2D eigenvalue weighted by atomic mass is 32.2. The molecule has 0 unspecified atom stereocenters. The monoisotopic (exact) mass is 947 g/mol. The number of anilines is 1. The van der Waals surface area contributed by atoms with E-state index in [1.807, 2.05) is 0 Å². The topological polar surface area (TPSA) is 422 Å². The molecule has 60 heavy (non-hydrogen) atoms. The summed E-state index contributed by atoms with van der Waals surface area (Å²) in [4.78, 5) is -6.57. The maximum Gasteiger partial charge on any atom is 0.297 e. The van der Waals surface area contributed by atoms with Crippen molar-refractivity contribution >= 4 is 121 Å². The van der Waals surface area contributed by atoms with Crippen LogP contribution in [0.4, 0.5) is 28.4 Å². The van der Waals surface area contributed by atoms with E-state index in [0.29, 0.717) is 12.1 Å². The fraction of sp³-hybridized carbons (Fsp3) is 0. The summed E-state index contributed by atoms with van der Waals surface area (Å²) < 4.78 is 208. The van der Waals surface area contributed by atoms with E-state index >= 15 is 0 Å². The molecule has 0 atom stereocenters. The van der Waals surface area contributed by atoms with Gasteiger partial charge in [-0.15, -0.1) is 20.5 Å². The van der Waals surface area contributed by atoms with Gasteiger partial charge in [0.1, 0.15) is 52.1 Å². The first-order valence-electron chi connectivity index (χ1n) is 15.3. The molecule has 0 aliphatic rings. The van der Waals surface area contributed by atoms with Crippen LogP contribution < -0.4 is 5.73 Å². The number of aromatic hydroxyl groups is 1. The van der Waals surface area contributed by atoms with Gasteiger partial charge < -0.3 is 10.8 Å². The third-order valence-corrected chi connectivity index (χ3v) is 13.8. The third kappa shape index (κ3) is 8.13. The number of phenolic OH excluding ortho intramolecular Hbond substituents is 1. The number of nitrogens with two attached hydrogens (primary N) is 1. The van der Waals surface area contributed by atoms with Crippen molar-refractivity contribution in [3.8, 4) is 5.75 Å². The Morgan fingerprint density at radius 3 is 1.20 bits per heavy atom. The van der Waals surface area contributed by atoms with Gasteiger partial charge in [0.2, 0.25) is 0 Å². The Bertz CT molecular complexity index is 3670. The highest BCUT2D eigenvalue weighted by Crippen LogP contribution is 2.49. The van der Waals surface area contributed by atoms with Gasteiger partial charge >= 0.3 is 0 Å². The lowest BCUT2D eigenvalue weighted by molar-refractivity contribution is 0.471. The van der Waals surface area contributed by atoms with Gasteiger partial charge in [-0.3, -0.25) is 27.3 Å². The molecule has 0 radical (unpaired) electrons. The summed E-state index contributed by atoms with van der Waals surface area (Å²) in [5.74, 6) is -1.46. The largest absolute Gasteiger partial charge is 0.505 e. The maximum atomic E-state index is 12.6. The maximum absolute atomic E-state index is 12.6. The summed E-state index contributed by atoms with van der Waals surface area (Å²) in [6, 6.07) is 9.91. The smallest absolute Gasteiger partial charge is 0.297 e. The van der Waals surface area contributed by atoms with E-state index in [9.17, 15) is 82.9 Å². The first-order chi connectivity index (χ1) is 27.4. The van der Waals surface area contributed by atoms with Crippen LogP contribution in [0.25, 0.3) is 32.3 Å². The number of nitrogen functional groups attached to an aromatic ring is 1. The lowest BCUT2D eigenvalue weighted by Gasteiger charge is -2.15. The van der Waals surface area contributed by atoms with Crippen molar-refractivity contribution in [2.24, 2.45) is 20.5 Å². The van der Waals surface area contributed by atoms with Crippen LogP contribution in [0.1, 0.15) is 0 Å². The van der Waals surface area contributed by atoms with Gasteiger partial charge in [-0.05, 0) is 36.4 Å². The molecular weight excluding hydrogens is 927 g/mol. The third-order valence-electron chi connectivity index (χ3n) is 8.37. The molecule has 0 amide bonds. The van der Waals surface area contributed by atoms with E-state index < -0.39 is 157 Å². The van der Waals surface area contributed by atoms with E-state index in [2.05, 4.69) is 20.5 Å². The molecule has 0 aliphatic heterocycles. The minimum absolute atomic E-state index is 0.328. The number of hydrogen-bond donors (Lipinski definition) is 8. The van der Waals surface area contributed by atoms with Crippen molar-refractivity contribution in [2.45, 2.75) is 29.4 Å². The van der Waals surface area contributed by atoms with Crippen molar-refractivity contribution in [3.05, 3.63) is 72.8 Å². The molecule has 316 valence electrons. The Balaban J connectivity index is 1.64. The van der Waals surface area contributed by atoms with Crippen LogP contribution in [0, 0.1) is 0 Å². The predicted octanol–water partition coefficient (Wildman–Crippen LogP) is 4.75. The fourth-order valence-electron chi connectivity index (χ4n) is 6.04. The van der Waals surface area contributed by atoms with Crippen molar-refractivity contribution in [1.82, 2.24) is 0 Å².